The second kappa shape index (κ2) is 5.84. The highest BCUT2D eigenvalue weighted by Crippen LogP contribution is 2.21. The number of nitrogens with zero attached hydrogens (tertiary/aromatic N) is 1. The Balaban J connectivity index is 2.17. The highest BCUT2D eigenvalue weighted by Gasteiger charge is 2.08. The molecule has 0 spiro atoms. The first-order valence-corrected chi connectivity index (χ1v) is 6.47. The number of rotatable bonds is 3. The quantitative estimate of drug-likeness (QED) is 0.882. The third-order valence-electron chi connectivity index (χ3n) is 2.67. The molecule has 0 aliphatic carbocycles. The molecule has 1 amide bonds. The molecule has 0 unspecified atom stereocenters. The highest BCUT2D eigenvalue weighted by atomic mass is 79.9. The van der Waals surface area contributed by atoms with Gasteiger partial charge in [0, 0.05) is 11.9 Å². The number of pyridine rings is 1. The van der Waals surface area contributed by atoms with Crippen molar-refractivity contribution in [1.82, 2.24) is 4.98 Å². The van der Waals surface area contributed by atoms with Crippen LogP contribution in [-0.4, -0.2) is 18.0 Å². The fourth-order valence-corrected chi connectivity index (χ4v) is 1.84. The summed E-state index contributed by atoms with van der Waals surface area (Å²) in [6.45, 7) is 1.91. The van der Waals surface area contributed by atoms with E-state index in [0.29, 0.717) is 10.2 Å². The zero-order valence-corrected chi connectivity index (χ0v) is 12.2. The Morgan fingerprint density at radius 3 is 2.68 bits per heavy atom. The van der Waals surface area contributed by atoms with Gasteiger partial charge in [-0.2, -0.15) is 0 Å². The molecule has 1 aromatic carbocycles. The Bertz CT molecular complexity index is 597. The van der Waals surface area contributed by atoms with Gasteiger partial charge in [-0.25, -0.2) is 4.98 Å². The second-order valence-electron chi connectivity index (χ2n) is 4.00. The Labute approximate surface area is 119 Å². The number of halogens is 1. The molecule has 2 rings (SSSR count). The van der Waals surface area contributed by atoms with Gasteiger partial charge in [0.05, 0.1) is 12.7 Å². The van der Waals surface area contributed by atoms with Gasteiger partial charge in [-0.05, 0) is 58.7 Å². The molecule has 0 fully saturated rings. The molecule has 19 heavy (non-hydrogen) atoms. The van der Waals surface area contributed by atoms with Crippen LogP contribution in [0.3, 0.4) is 0 Å². The maximum atomic E-state index is 12.0. The molecule has 0 bridgehead atoms. The summed E-state index contributed by atoms with van der Waals surface area (Å²) in [5.74, 6) is 0.578. The first-order chi connectivity index (χ1) is 9.10. The Morgan fingerprint density at radius 1 is 1.32 bits per heavy atom. The monoisotopic (exact) mass is 320 g/mol. The summed E-state index contributed by atoms with van der Waals surface area (Å²) in [5.41, 5.74) is 2.21. The van der Waals surface area contributed by atoms with Crippen LogP contribution >= 0.6 is 15.9 Å². The predicted molar refractivity (Wildman–Crippen MR) is 77.6 cm³/mol. The lowest BCUT2D eigenvalue weighted by Crippen LogP contribution is -2.13. The van der Waals surface area contributed by atoms with Crippen LogP contribution in [0.2, 0.25) is 0 Å². The number of carbonyl (C=O) groups excluding carboxylic acids is 1. The van der Waals surface area contributed by atoms with E-state index in [1.807, 2.05) is 25.1 Å². The van der Waals surface area contributed by atoms with E-state index in [9.17, 15) is 4.79 Å². The van der Waals surface area contributed by atoms with Crippen molar-refractivity contribution in [1.29, 1.82) is 0 Å². The number of hydrogen-bond donors (Lipinski definition) is 1. The number of hydrogen-bond acceptors (Lipinski definition) is 3. The Kier molecular flexibility index (Phi) is 4.16. The molecule has 0 saturated carbocycles. The van der Waals surface area contributed by atoms with Gasteiger partial charge in [-0.15, -0.1) is 0 Å². The lowest BCUT2D eigenvalue weighted by molar-refractivity contribution is 0.102. The van der Waals surface area contributed by atoms with Crippen molar-refractivity contribution >= 4 is 27.5 Å². The summed E-state index contributed by atoms with van der Waals surface area (Å²) in [4.78, 5) is 16.1. The molecule has 98 valence electrons. The molecule has 0 atom stereocenters. The summed E-state index contributed by atoms with van der Waals surface area (Å²) in [7, 11) is 1.61. The number of benzene rings is 1. The number of carbonyl (C=O) groups is 1. The van der Waals surface area contributed by atoms with E-state index in [1.165, 1.54) is 6.20 Å². The zero-order chi connectivity index (χ0) is 13.8. The van der Waals surface area contributed by atoms with Crippen LogP contribution in [0.15, 0.2) is 41.1 Å². The number of methoxy groups -OCH3 is 1. The van der Waals surface area contributed by atoms with Gasteiger partial charge in [0.1, 0.15) is 10.4 Å². The van der Waals surface area contributed by atoms with Crippen LogP contribution in [-0.2, 0) is 0 Å². The summed E-state index contributed by atoms with van der Waals surface area (Å²) in [5, 5.41) is 2.85. The number of aryl methyl sites for hydroxylation is 1. The van der Waals surface area contributed by atoms with Crippen molar-refractivity contribution in [2.75, 3.05) is 12.4 Å². The van der Waals surface area contributed by atoms with Gasteiger partial charge < -0.3 is 10.1 Å². The van der Waals surface area contributed by atoms with Gasteiger partial charge in [0.2, 0.25) is 0 Å². The minimum Gasteiger partial charge on any atom is -0.497 e. The third kappa shape index (κ3) is 3.32. The van der Waals surface area contributed by atoms with Crippen LogP contribution in [0.4, 0.5) is 5.69 Å². The van der Waals surface area contributed by atoms with E-state index in [0.717, 1.165) is 17.0 Å². The second-order valence-corrected chi connectivity index (χ2v) is 4.82. The largest absolute Gasteiger partial charge is 0.497 e. The fourth-order valence-electron chi connectivity index (χ4n) is 1.61. The van der Waals surface area contributed by atoms with Crippen molar-refractivity contribution < 1.29 is 9.53 Å². The van der Waals surface area contributed by atoms with E-state index in [4.69, 9.17) is 4.74 Å². The molecule has 1 aromatic heterocycles. The van der Waals surface area contributed by atoms with Crippen molar-refractivity contribution in [3.63, 3.8) is 0 Å². The topological polar surface area (TPSA) is 51.2 Å². The predicted octanol–water partition coefficient (Wildman–Crippen LogP) is 3.41. The van der Waals surface area contributed by atoms with E-state index in [-0.39, 0.29) is 5.91 Å². The lowest BCUT2D eigenvalue weighted by atomic mass is 10.1. The molecule has 0 radical (unpaired) electrons. The summed E-state index contributed by atoms with van der Waals surface area (Å²) in [6, 6.07) is 8.94. The first-order valence-electron chi connectivity index (χ1n) is 5.67. The third-order valence-corrected chi connectivity index (χ3v) is 3.14. The van der Waals surface area contributed by atoms with Crippen LogP contribution in [0, 0.1) is 6.92 Å². The van der Waals surface area contributed by atoms with Crippen LogP contribution in [0.5, 0.6) is 5.75 Å². The van der Waals surface area contributed by atoms with Crippen molar-refractivity contribution in [2.24, 2.45) is 0 Å². The number of amides is 1. The molecular weight excluding hydrogens is 308 g/mol. The zero-order valence-electron chi connectivity index (χ0n) is 10.6. The highest BCUT2D eigenvalue weighted by molar-refractivity contribution is 9.10. The maximum Gasteiger partial charge on any atom is 0.257 e. The van der Waals surface area contributed by atoms with Crippen LogP contribution in [0.1, 0.15) is 15.9 Å². The number of ether oxygens (including phenoxy) is 1. The van der Waals surface area contributed by atoms with E-state index in [2.05, 4.69) is 26.2 Å². The number of aromatic nitrogens is 1. The molecule has 1 heterocycles. The summed E-state index contributed by atoms with van der Waals surface area (Å²) in [6.07, 6.45) is 1.53. The molecular formula is C14H13BrN2O2. The molecule has 0 aliphatic heterocycles. The Morgan fingerprint density at radius 2 is 2.11 bits per heavy atom. The van der Waals surface area contributed by atoms with Gasteiger partial charge in [-0.1, -0.05) is 0 Å². The smallest absolute Gasteiger partial charge is 0.257 e. The summed E-state index contributed by atoms with van der Waals surface area (Å²) < 4.78 is 5.82. The molecule has 2 aromatic rings. The molecule has 0 aliphatic rings. The maximum absolute atomic E-state index is 12.0. The summed E-state index contributed by atoms with van der Waals surface area (Å²) >= 11 is 3.23. The SMILES string of the molecule is COc1ccc(NC(=O)c2ccc(Br)nc2)c(C)c1. The first kappa shape index (κ1) is 13.5. The Hall–Kier alpha value is -1.88. The van der Waals surface area contributed by atoms with Crippen molar-refractivity contribution in [2.45, 2.75) is 6.92 Å². The normalized spacial score (nSPS) is 10.1. The standard InChI is InChI=1S/C14H13BrN2O2/c1-9-7-11(19-2)4-5-12(9)17-14(18)10-3-6-13(15)16-8-10/h3-8H,1-2H3,(H,17,18). The van der Waals surface area contributed by atoms with Gasteiger partial charge in [-0.3, -0.25) is 4.79 Å². The minimum atomic E-state index is -0.187. The van der Waals surface area contributed by atoms with E-state index in [1.54, 1.807) is 19.2 Å². The molecule has 5 heteroatoms. The van der Waals surface area contributed by atoms with Crippen molar-refractivity contribution in [3.8, 4) is 5.75 Å². The average molecular weight is 321 g/mol. The van der Waals surface area contributed by atoms with E-state index >= 15 is 0 Å². The molecule has 1 N–H and O–H groups in total. The average Bonchev–Trinajstić information content (AvgIpc) is 2.41. The number of nitrogens with one attached hydrogen (secondary N) is 1. The number of anilines is 1. The molecule has 4 nitrogen and oxygen atoms in total. The van der Waals surface area contributed by atoms with Crippen LogP contribution in [0.25, 0.3) is 0 Å². The molecule has 0 saturated heterocycles. The minimum absolute atomic E-state index is 0.187. The van der Waals surface area contributed by atoms with Gasteiger partial charge in [0.25, 0.3) is 5.91 Å². The van der Waals surface area contributed by atoms with E-state index < -0.39 is 0 Å². The lowest BCUT2D eigenvalue weighted by Gasteiger charge is -2.09. The van der Waals surface area contributed by atoms with Crippen molar-refractivity contribution in [3.05, 3.63) is 52.3 Å². The van der Waals surface area contributed by atoms with Crippen LogP contribution < -0.4 is 10.1 Å². The van der Waals surface area contributed by atoms with Gasteiger partial charge >= 0.3 is 0 Å². The van der Waals surface area contributed by atoms with Gasteiger partial charge in [0.15, 0.2) is 0 Å². The fraction of sp³-hybridized carbons (Fsp3) is 0.143.